The van der Waals surface area contributed by atoms with Crippen LogP contribution in [0, 0.1) is 11.7 Å². The molecule has 0 amide bonds. The molecule has 4 rings (SSSR count). The van der Waals surface area contributed by atoms with Gasteiger partial charge in [-0.25, -0.2) is 4.39 Å². The number of hydrogen-bond acceptors (Lipinski definition) is 0. The van der Waals surface area contributed by atoms with Crippen molar-refractivity contribution in [3.05, 3.63) is 89.8 Å². The van der Waals surface area contributed by atoms with Gasteiger partial charge in [0, 0.05) is 11.1 Å². The monoisotopic (exact) mass is 370 g/mol. The van der Waals surface area contributed by atoms with Crippen molar-refractivity contribution in [2.45, 2.75) is 39.5 Å². The molecule has 1 saturated carbocycles. The van der Waals surface area contributed by atoms with Gasteiger partial charge in [-0.2, -0.15) is 0 Å². The molecule has 0 radical (unpaired) electrons. The Morgan fingerprint density at radius 1 is 0.857 bits per heavy atom. The van der Waals surface area contributed by atoms with Gasteiger partial charge < -0.3 is 0 Å². The Labute approximate surface area is 167 Å². The standard InChI is InChI=1S/C27H27F/c1-4-19-7-11-22(12-8-19)24-15-16-25(27(28)26(24)18(2)3)23-13-9-21(10-14-23)17-20-5-6-20/h7-16,20H,2,4-6,17H2,1,3H3. The zero-order chi connectivity index (χ0) is 19.7. The van der Waals surface area contributed by atoms with Crippen LogP contribution in [0.4, 0.5) is 4.39 Å². The Morgan fingerprint density at radius 3 is 1.93 bits per heavy atom. The molecule has 0 nitrogen and oxygen atoms in total. The Balaban J connectivity index is 1.73. The normalized spacial score (nSPS) is 13.5. The molecule has 28 heavy (non-hydrogen) atoms. The van der Waals surface area contributed by atoms with Crippen LogP contribution in [0.3, 0.4) is 0 Å². The maximum absolute atomic E-state index is 15.6. The Bertz CT molecular complexity index is 990. The average Bonchev–Trinajstić information content (AvgIpc) is 3.52. The third kappa shape index (κ3) is 3.80. The van der Waals surface area contributed by atoms with Crippen LogP contribution in [0.25, 0.3) is 27.8 Å². The van der Waals surface area contributed by atoms with E-state index in [1.165, 1.54) is 24.0 Å². The lowest BCUT2D eigenvalue weighted by Gasteiger charge is -2.15. The second-order valence-corrected chi connectivity index (χ2v) is 8.02. The van der Waals surface area contributed by atoms with Crippen LogP contribution < -0.4 is 0 Å². The van der Waals surface area contributed by atoms with Gasteiger partial charge in [0.15, 0.2) is 0 Å². The predicted octanol–water partition coefficient (Wildman–Crippen LogP) is 7.71. The second kappa shape index (κ2) is 7.75. The van der Waals surface area contributed by atoms with Crippen LogP contribution in [0.5, 0.6) is 0 Å². The number of halogens is 1. The lowest BCUT2D eigenvalue weighted by Crippen LogP contribution is -1.96. The van der Waals surface area contributed by atoms with Crippen LogP contribution in [0.2, 0.25) is 0 Å². The molecule has 142 valence electrons. The Kier molecular flexibility index (Phi) is 5.17. The van der Waals surface area contributed by atoms with Crippen LogP contribution >= 0.6 is 0 Å². The average molecular weight is 371 g/mol. The quantitative estimate of drug-likeness (QED) is 0.417. The van der Waals surface area contributed by atoms with E-state index in [9.17, 15) is 0 Å². The molecule has 1 fully saturated rings. The minimum Gasteiger partial charge on any atom is -0.206 e. The number of allylic oxidation sites excluding steroid dienone is 1. The first kappa shape index (κ1) is 18.7. The van der Waals surface area contributed by atoms with E-state index in [1.54, 1.807) is 0 Å². The first-order chi connectivity index (χ1) is 13.6. The molecule has 3 aromatic rings. The molecule has 0 bridgehead atoms. The molecule has 0 saturated heterocycles. The Hall–Kier alpha value is -2.67. The van der Waals surface area contributed by atoms with Crippen molar-refractivity contribution < 1.29 is 4.39 Å². The summed E-state index contributed by atoms with van der Waals surface area (Å²) in [5, 5.41) is 0. The lowest BCUT2D eigenvalue weighted by molar-refractivity contribution is 0.628. The molecule has 1 aliphatic carbocycles. The van der Waals surface area contributed by atoms with E-state index in [1.807, 2.05) is 31.2 Å². The highest BCUT2D eigenvalue weighted by atomic mass is 19.1. The van der Waals surface area contributed by atoms with Gasteiger partial charge in [0.25, 0.3) is 0 Å². The van der Waals surface area contributed by atoms with E-state index in [0.717, 1.165) is 41.0 Å². The molecule has 0 heterocycles. The van der Waals surface area contributed by atoms with Crippen LogP contribution in [0.15, 0.2) is 67.2 Å². The first-order valence-corrected chi connectivity index (χ1v) is 10.2. The summed E-state index contributed by atoms with van der Waals surface area (Å²) in [5.74, 6) is 0.676. The maximum Gasteiger partial charge on any atom is 0.139 e. The largest absolute Gasteiger partial charge is 0.206 e. The van der Waals surface area contributed by atoms with Gasteiger partial charge >= 0.3 is 0 Å². The van der Waals surface area contributed by atoms with Crippen molar-refractivity contribution in [2.75, 3.05) is 0 Å². The summed E-state index contributed by atoms with van der Waals surface area (Å²) in [6, 6.07) is 20.7. The molecule has 0 aromatic heterocycles. The first-order valence-electron chi connectivity index (χ1n) is 10.2. The molecule has 0 N–H and O–H groups in total. The van der Waals surface area contributed by atoms with Gasteiger partial charge in [0.05, 0.1) is 0 Å². The molecule has 0 atom stereocenters. The summed E-state index contributed by atoms with van der Waals surface area (Å²) in [7, 11) is 0. The fourth-order valence-electron chi connectivity index (χ4n) is 3.85. The van der Waals surface area contributed by atoms with Crippen molar-refractivity contribution >= 4 is 5.57 Å². The molecular formula is C27H27F. The van der Waals surface area contributed by atoms with E-state index in [-0.39, 0.29) is 5.82 Å². The predicted molar refractivity (Wildman–Crippen MR) is 118 cm³/mol. The maximum atomic E-state index is 15.6. The Morgan fingerprint density at radius 2 is 1.39 bits per heavy atom. The highest BCUT2D eigenvalue weighted by molar-refractivity contribution is 5.84. The summed E-state index contributed by atoms with van der Waals surface area (Å²) >= 11 is 0. The highest BCUT2D eigenvalue weighted by Crippen LogP contribution is 2.37. The summed E-state index contributed by atoms with van der Waals surface area (Å²) in [4.78, 5) is 0. The zero-order valence-electron chi connectivity index (χ0n) is 16.8. The topological polar surface area (TPSA) is 0 Å². The molecule has 0 aliphatic heterocycles. The molecule has 0 unspecified atom stereocenters. The molecule has 0 spiro atoms. The molecule has 1 aliphatic rings. The van der Waals surface area contributed by atoms with Crippen LogP contribution in [-0.2, 0) is 12.8 Å². The zero-order valence-corrected chi connectivity index (χ0v) is 16.8. The van der Waals surface area contributed by atoms with Crippen molar-refractivity contribution in [1.82, 2.24) is 0 Å². The van der Waals surface area contributed by atoms with Crippen LogP contribution in [-0.4, -0.2) is 0 Å². The lowest BCUT2D eigenvalue weighted by atomic mass is 9.90. The van der Waals surface area contributed by atoms with E-state index >= 15 is 4.39 Å². The number of benzene rings is 3. The minimum absolute atomic E-state index is 0.181. The van der Waals surface area contributed by atoms with Crippen molar-refractivity contribution in [3.8, 4) is 22.3 Å². The highest BCUT2D eigenvalue weighted by Gasteiger charge is 2.21. The summed E-state index contributed by atoms with van der Waals surface area (Å²) in [5.41, 5.74) is 7.49. The number of aryl methyl sites for hydroxylation is 1. The molecular weight excluding hydrogens is 343 g/mol. The van der Waals surface area contributed by atoms with Gasteiger partial charge in [-0.15, -0.1) is 0 Å². The van der Waals surface area contributed by atoms with Crippen molar-refractivity contribution in [1.29, 1.82) is 0 Å². The SMILES string of the molecule is C=C(C)c1c(-c2ccc(CC)cc2)ccc(-c2ccc(CC3CC3)cc2)c1F. The van der Waals surface area contributed by atoms with Gasteiger partial charge in [0.2, 0.25) is 0 Å². The fraction of sp³-hybridized carbons (Fsp3) is 0.259. The van der Waals surface area contributed by atoms with E-state index in [0.29, 0.717) is 11.1 Å². The molecule has 1 heteroatoms. The minimum atomic E-state index is -0.181. The van der Waals surface area contributed by atoms with Crippen molar-refractivity contribution in [2.24, 2.45) is 5.92 Å². The summed E-state index contributed by atoms with van der Waals surface area (Å²) in [6.45, 7) is 8.07. The summed E-state index contributed by atoms with van der Waals surface area (Å²) < 4.78 is 15.6. The second-order valence-electron chi connectivity index (χ2n) is 8.02. The van der Waals surface area contributed by atoms with Gasteiger partial charge in [-0.1, -0.05) is 74.2 Å². The number of hydrogen-bond donors (Lipinski definition) is 0. The van der Waals surface area contributed by atoms with Gasteiger partial charge in [-0.3, -0.25) is 0 Å². The summed E-state index contributed by atoms with van der Waals surface area (Å²) in [6.07, 6.45) is 4.84. The van der Waals surface area contributed by atoms with Gasteiger partial charge in [-0.05, 0) is 71.9 Å². The van der Waals surface area contributed by atoms with Crippen molar-refractivity contribution in [3.63, 3.8) is 0 Å². The molecule has 3 aromatic carbocycles. The van der Waals surface area contributed by atoms with Crippen LogP contribution in [0.1, 0.15) is 43.4 Å². The number of rotatable bonds is 6. The van der Waals surface area contributed by atoms with E-state index in [4.69, 9.17) is 0 Å². The third-order valence-electron chi connectivity index (χ3n) is 5.73. The smallest absolute Gasteiger partial charge is 0.139 e. The van der Waals surface area contributed by atoms with E-state index in [2.05, 4.69) is 49.9 Å². The third-order valence-corrected chi connectivity index (χ3v) is 5.73. The van der Waals surface area contributed by atoms with E-state index < -0.39 is 0 Å². The fourth-order valence-corrected chi connectivity index (χ4v) is 3.85. The van der Waals surface area contributed by atoms with Gasteiger partial charge in [0.1, 0.15) is 5.82 Å².